The molecule has 0 radical (unpaired) electrons. The molecule has 19 heavy (non-hydrogen) atoms. The summed E-state index contributed by atoms with van der Waals surface area (Å²) in [7, 11) is 0. The third-order valence-corrected chi connectivity index (χ3v) is 4.63. The van der Waals surface area contributed by atoms with Crippen LogP contribution in [0.3, 0.4) is 0 Å². The van der Waals surface area contributed by atoms with Gasteiger partial charge in [0.1, 0.15) is 0 Å². The Balaban J connectivity index is 1.77. The summed E-state index contributed by atoms with van der Waals surface area (Å²) in [5.74, 6) is 0. The Kier molecular flexibility index (Phi) is 6.07. The maximum absolute atomic E-state index is 4.40. The number of aromatic nitrogens is 1. The van der Waals surface area contributed by atoms with Crippen molar-refractivity contribution in [3.63, 3.8) is 0 Å². The van der Waals surface area contributed by atoms with E-state index in [2.05, 4.69) is 39.3 Å². The first-order valence-corrected chi connectivity index (χ1v) is 8.32. The summed E-state index contributed by atoms with van der Waals surface area (Å²) in [6.07, 6.45) is 4.35. The highest BCUT2D eigenvalue weighted by atomic mass is 32.1. The molecule has 5 heteroatoms. The zero-order valence-corrected chi connectivity index (χ0v) is 13.0. The van der Waals surface area contributed by atoms with Crippen LogP contribution < -0.4 is 10.2 Å². The molecule has 1 atom stereocenters. The highest BCUT2D eigenvalue weighted by Gasteiger charge is 2.23. The van der Waals surface area contributed by atoms with Gasteiger partial charge >= 0.3 is 0 Å². The van der Waals surface area contributed by atoms with Crippen molar-refractivity contribution in [1.29, 1.82) is 0 Å². The Bertz CT molecular complexity index is 333. The molecule has 108 valence electrons. The molecule has 0 aromatic carbocycles. The zero-order chi connectivity index (χ0) is 13.5. The quantitative estimate of drug-likeness (QED) is 0.776. The predicted molar refractivity (Wildman–Crippen MR) is 83.1 cm³/mol. The van der Waals surface area contributed by atoms with E-state index >= 15 is 0 Å². The van der Waals surface area contributed by atoms with Crippen LogP contribution in [0.5, 0.6) is 0 Å². The van der Waals surface area contributed by atoms with Crippen molar-refractivity contribution in [2.45, 2.75) is 32.7 Å². The highest BCUT2D eigenvalue weighted by molar-refractivity contribution is 7.13. The van der Waals surface area contributed by atoms with E-state index in [1.54, 1.807) is 11.3 Å². The van der Waals surface area contributed by atoms with E-state index in [-0.39, 0.29) is 0 Å². The first-order valence-electron chi connectivity index (χ1n) is 7.44. The maximum Gasteiger partial charge on any atom is 0.185 e. The Morgan fingerprint density at radius 3 is 2.68 bits per heavy atom. The molecule has 0 aliphatic carbocycles. The lowest BCUT2D eigenvalue weighted by Gasteiger charge is -2.39. The minimum Gasteiger partial charge on any atom is -0.346 e. The monoisotopic (exact) mass is 282 g/mol. The molecule has 2 rings (SSSR count). The van der Waals surface area contributed by atoms with Crippen molar-refractivity contribution in [1.82, 2.24) is 15.2 Å². The first-order chi connectivity index (χ1) is 9.35. The molecule has 1 aliphatic heterocycles. The van der Waals surface area contributed by atoms with Crippen LogP contribution in [0, 0.1) is 0 Å². The molecule has 1 unspecified atom stereocenters. The first kappa shape index (κ1) is 14.8. The van der Waals surface area contributed by atoms with Crippen LogP contribution in [0.15, 0.2) is 11.6 Å². The highest BCUT2D eigenvalue weighted by Crippen LogP contribution is 2.19. The zero-order valence-electron chi connectivity index (χ0n) is 12.1. The van der Waals surface area contributed by atoms with Crippen LogP contribution in [0.1, 0.15) is 26.7 Å². The summed E-state index contributed by atoms with van der Waals surface area (Å²) in [6, 6.07) is 0.685. The Morgan fingerprint density at radius 2 is 2.11 bits per heavy atom. The van der Waals surface area contributed by atoms with Gasteiger partial charge in [0, 0.05) is 50.3 Å². The number of piperazine rings is 1. The normalized spacial score (nSPS) is 18.7. The van der Waals surface area contributed by atoms with Crippen LogP contribution in [0.25, 0.3) is 0 Å². The lowest BCUT2D eigenvalue weighted by Crippen LogP contribution is -2.52. The Morgan fingerprint density at radius 1 is 1.32 bits per heavy atom. The number of rotatable bonds is 7. The van der Waals surface area contributed by atoms with Crippen molar-refractivity contribution in [2.75, 3.05) is 44.2 Å². The fraction of sp³-hybridized carbons (Fsp3) is 0.786. The fourth-order valence-electron chi connectivity index (χ4n) is 2.63. The van der Waals surface area contributed by atoms with Gasteiger partial charge in [0.2, 0.25) is 0 Å². The topological polar surface area (TPSA) is 31.4 Å². The molecular formula is C14H26N4S. The number of nitrogens with zero attached hydrogens (tertiary/aromatic N) is 3. The number of thiazole rings is 1. The minimum atomic E-state index is 0.685. The van der Waals surface area contributed by atoms with Gasteiger partial charge in [0.15, 0.2) is 5.13 Å². The molecule has 0 amide bonds. The van der Waals surface area contributed by atoms with E-state index in [4.69, 9.17) is 0 Å². The molecule has 2 heterocycles. The third-order valence-electron chi connectivity index (χ3n) is 3.80. The molecule has 1 N–H and O–H groups in total. The van der Waals surface area contributed by atoms with Gasteiger partial charge in [-0.25, -0.2) is 4.98 Å². The second-order valence-corrected chi connectivity index (χ2v) is 5.98. The summed E-state index contributed by atoms with van der Waals surface area (Å²) < 4.78 is 0. The van der Waals surface area contributed by atoms with Gasteiger partial charge in [-0.3, -0.25) is 4.90 Å². The van der Waals surface area contributed by atoms with E-state index in [1.165, 1.54) is 18.0 Å². The largest absolute Gasteiger partial charge is 0.346 e. The lowest BCUT2D eigenvalue weighted by atomic mass is 10.1. The molecule has 1 saturated heterocycles. The number of hydrogen-bond donors (Lipinski definition) is 1. The molecule has 1 aliphatic rings. The number of nitrogens with one attached hydrogen (secondary N) is 1. The average molecular weight is 282 g/mol. The van der Waals surface area contributed by atoms with Gasteiger partial charge in [-0.1, -0.05) is 13.8 Å². The molecular weight excluding hydrogens is 256 g/mol. The Hall–Kier alpha value is -0.650. The van der Waals surface area contributed by atoms with Crippen molar-refractivity contribution in [2.24, 2.45) is 0 Å². The average Bonchev–Trinajstić information content (AvgIpc) is 2.98. The van der Waals surface area contributed by atoms with Crippen LogP contribution >= 0.6 is 11.3 Å². The smallest absolute Gasteiger partial charge is 0.185 e. The Labute approximate surface area is 120 Å². The van der Waals surface area contributed by atoms with Crippen LogP contribution in [0.2, 0.25) is 0 Å². The summed E-state index contributed by atoms with van der Waals surface area (Å²) in [4.78, 5) is 9.45. The molecule has 1 aromatic rings. The van der Waals surface area contributed by atoms with Crippen molar-refractivity contribution < 1.29 is 0 Å². The van der Waals surface area contributed by atoms with Crippen LogP contribution in [-0.2, 0) is 0 Å². The van der Waals surface area contributed by atoms with Crippen LogP contribution in [-0.4, -0.2) is 55.2 Å². The second kappa shape index (κ2) is 7.82. The summed E-state index contributed by atoms with van der Waals surface area (Å²) >= 11 is 1.75. The van der Waals surface area contributed by atoms with E-state index in [1.807, 2.05) is 6.20 Å². The predicted octanol–water partition coefficient (Wildman–Crippen LogP) is 2.04. The molecule has 0 saturated carbocycles. The number of anilines is 1. The van der Waals surface area contributed by atoms with E-state index in [9.17, 15) is 0 Å². The summed E-state index contributed by atoms with van der Waals surface area (Å²) in [6.45, 7) is 11.3. The molecule has 4 nitrogen and oxygen atoms in total. The van der Waals surface area contributed by atoms with Crippen molar-refractivity contribution in [3.05, 3.63) is 11.6 Å². The lowest BCUT2D eigenvalue weighted by molar-refractivity contribution is 0.176. The SMILES string of the molecule is CCCNCC(CC)N1CCN(c2nccs2)CC1. The van der Waals surface area contributed by atoms with Gasteiger partial charge in [-0.05, 0) is 19.4 Å². The van der Waals surface area contributed by atoms with E-state index in [0.29, 0.717) is 6.04 Å². The van der Waals surface area contributed by atoms with E-state index < -0.39 is 0 Å². The minimum absolute atomic E-state index is 0.685. The summed E-state index contributed by atoms with van der Waals surface area (Å²) in [5, 5.41) is 6.79. The van der Waals surface area contributed by atoms with Crippen molar-refractivity contribution in [3.8, 4) is 0 Å². The maximum atomic E-state index is 4.40. The summed E-state index contributed by atoms with van der Waals surface area (Å²) in [5.41, 5.74) is 0. The second-order valence-electron chi connectivity index (χ2n) is 5.10. The molecule has 0 bridgehead atoms. The van der Waals surface area contributed by atoms with Gasteiger partial charge < -0.3 is 10.2 Å². The van der Waals surface area contributed by atoms with Gasteiger partial charge in [0.05, 0.1) is 0 Å². The molecule has 1 aromatic heterocycles. The fourth-order valence-corrected chi connectivity index (χ4v) is 3.32. The molecule has 0 spiro atoms. The van der Waals surface area contributed by atoms with Crippen LogP contribution in [0.4, 0.5) is 5.13 Å². The van der Waals surface area contributed by atoms with Gasteiger partial charge in [-0.2, -0.15) is 0 Å². The van der Waals surface area contributed by atoms with Gasteiger partial charge in [0.25, 0.3) is 0 Å². The third kappa shape index (κ3) is 4.16. The standard InChI is InChI=1S/C14H26N4S/c1-3-5-15-12-13(4-2)17-7-9-18(10-8-17)14-16-6-11-19-14/h6,11,13,15H,3-5,7-10,12H2,1-2H3. The van der Waals surface area contributed by atoms with E-state index in [0.717, 1.165) is 39.3 Å². The van der Waals surface area contributed by atoms with Crippen molar-refractivity contribution >= 4 is 16.5 Å². The van der Waals surface area contributed by atoms with Gasteiger partial charge in [-0.15, -0.1) is 11.3 Å². The molecule has 1 fully saturated rings. The number of hydrogen-bond acceptors (Lipinski definition) is 5.